The topological polar surface area (TPSA) is 189 Å². The molecule has 2 aromatic rings. The highest BCUT2D eigenvalue weighted by Gasteiger charge is 2.18. The number of amidine groups is 1. The first-order valence-electron chi connectivity index (χ1n) is 16.2. The van der Waals surface area contributed by atoms with E-state index in [4.69, 9.17) is 4.74 Å². The number of Topliss-reactive ketones (excluding diaryl/α,β-unsaturated/α-hetero) is 1. The van der Waals surface area contributed by atoms with Crippen molar-refractivity contribution in [1.82, 2.24) is 39.5 Å². The third-order valence-electron chi connectivity index (χ3n) is 7.04. The summed E-state index contributed by atoms with van der Waals surface area (Å²) in [6.07, 6.45) is 4.45. The van der Waals surface area contributed by atoms with Gasteiger partial charge in [0.1, 0.15) is 23.7 Å². The molecule has 0 bridgehead atoms. The lowest BCUT2D eigenvalue weighted by atomic mass is 10.1. The molecule has 56 heavy (non-hydrogen) atoms. The Morgan fingerprint density at radius 2 is 1.29 bits per heavy atom. The predicted molar refractivity (Wildman–Crippen MR) is 244 cm³/mol. The van der Waals surface area contributed by atoms with E-state index in [1.165, 1.54) is 17.9 Å². The molecule has 0 aromatic carbocycles. The van der Waals surface area contributed by atoms with Gasteiger partial charge in [0.15, 0.2) is 22.1 Å². The maximum absolute atomic E-state index is 10.8. The van der Waals surface area contributed by atoms with Crippen molar-refractivity contribution in [1.29, 1.82) is 0 Å². The summed E-state index contributed by atoms with van der Waals surface area (Å²) < 4.78 is 45.4. The van der Waals surface area contributed by atoms with Crippen LogP contribution in [0.1, 0.15) is 89.6 Å². The number of aliphatic imine (C=N–C) groups is 2. The van der Waals surface area contributed by atoms with Gasteiger partial charge in [0.25, 0.3) is 0 Å². The van der Waals surface area contributed by atoms with Crippen molar-refractivity contribution in [3.05, 3.63) is 23.6 Å². The van der Waals surface area contributed by atoms with Crippen molar-refractivity contribution in [3.8, 4) is 0 Å². The van der Waals surface area contributed by atoms with E-state index in [-0.39, 0.29) is 52.0 Å². The zero-order valence-corrected chi connectivity index (χ0v) is 32.6. The zero-order chi connectivity index (χ0) is 36.5. The predicted octanol–water partition coefficient (Wildman–Crippen LogP) is 5.43. The Morgan fingerprint density at radius 1 is 0.750 bits per heavy atom. The van der Waals surface area contributed by atoms with E-state index in [0.29, 0.717) is 36.3 Å². The van der Waals surface area contributed by atoms with Crippen molar-refractivity contribution in [2.45, 2.75) is 92.5 Å². The first kappa shape index (κ1) is 68.0. The van der Waals surface area contributed by atoms with Crippen molar-refractivity contribution >= 4 is 49.7 Å². The molecule has 2 aromatic heterocycles. The highest BCUT2D eigenvalue weighted by molar-refractivity contribution is 7.91. The summed E-state index contributed by atoms with van der Waals surface area (Å²) in [5, 5.41) is 7.43. The smallest absolute Gasteiger partial charge is 0.223 e. The summed E-state index contributed by atoms with van der Waals surface area (Å²) >= 11 is 1.42. The molecule has 3 saturated heterocycles. The minimum Gasteiger partial charge on any atom is -0.479 e. The maximum Gasteiger partial charge on any atom is 0.223 e. The summed E-state index contributed by atoms with van der Waals surface area (Å²) in [4.78, 5) is 32.4. The molecule has 0 unspecified atom stereocenters. The molecule has 0 spiro atoms. The molecular formula is C37H84N10O6S3. The lowest BCUT2D eigenvalue weighted by Gasteiger charge is -2.21. The summed E-state index contributed by atoms with van der Waals surface area (Å²) in [5.74, 6) is 5.35. The lowest BCUT2D eigenvalue weighted by molar-refractivity contribution is -0.121. The molecule has 7 heterocycles. The second-order valence-electron chi connectivity index (χ2n) is 11.5. The molecule has 5 aliphatic heterocycles. The first-order chi connectivity index (χ1) is 23.3. The van der Waals surface area contributed by atoms with E-state index in [1.807, 2.05) is 39.8 Å². The summed E-state index contributed by atoms with van der Waals surface area (Å²) in [7, 11) is 2.89. The van der Waals surface area contributed by atoms with Crippen LogP contribution in [0.2, 0.25) is 0 Å². The fourth-order valence-corrected chi connectivity index (χ4v) is 6.78. The van der Waals surface area contributed by atoms with Crippen molar-refractivity contribution in [2.24, 2.45) is 9.98 Å². The summed E-state index contributed by atoms with van der Waals surface area (Å²) in [5.41, 5.74) is 0. The third-order valence-corrected chi connectivity index (χ3v) is 10.5. The number of likely N-dealkylation sites (tertiary alicyclic amines) is 1. The standard InChI is InChI=1S/C6H11NO.C5H11NO2S.C5H11NOS.C4H8N2.C4H7NO.C3H4N2O.C3H4N2S.7CH4/c1-7-4-2-6(8)3-5-7;1-6-2-4-9(7,8)5-3-6;1-6-2-4-8(7)5-3-6;2*1-4-5-2-3-6-4;2*1-3-4-2-5-6-3;;;;;;;/h2-5H2,1H3;2-5H2,1H3;2-5H2,1H3;2-3H2,1H3,(H,5,6);2-3H2,1H3;2*2H,1H3;7*1H4. The Labute approximate surface area is 350 Å². The summed E-state index contributed by atoms with van der Waals surface area (Å²) in [6.45, 7) is 16.5. The number of ether oxygens (including phenoxy) is 1. The van der Waals surface area contributed by atoms with Crippen LogP contribution in [-0.4, -0.2) is 174 Å². The first-order valence-corrected chi connectivity index (χ1v) is 20.3. The molecule has 19 heteroatoms. The second kappa shape index (κ2) is 40.5. The van der Waals surface area contributed by atoms with Gasteiger partial charge in [-0.05, 0) is 46.5 Å². The number of aryl methyl sites for hydroxylation is 2. The van der Waals surface area contributed by atoms with Gasteiger partial charge in [-0.1, -0.05) is 57.1 Å². The maximum atomic E-state index is 10.8. The molecular weight excluding hydrogens is 777 g/mol. The van der Waals surface area contributed by atoms with E-state index in [0.717, 1.165) is 93.5 Å². The lowest BCUT2D eigenvalue weighted by Crippen LogP contribution is -2.37. The van der Waals surface area contributed by atoms with Gasteiger partial charge in [0.05, 0.1) is 30.4 Å². The number of ketones is 1. The Kier molecular flexibility index (Phi) is 49.2. The van der Waals surface area contributed by atoms with E-state index < -0.39 is 20.6 Å². The number of carbonyl (C=O) groups is 1. The second-order valence-corrected chi connectivity index (χ2v) is 16.5. The molecule has 16 nitrogen and oxygen atoms in total. The van der Waals surface area contributed by atoms with Crippen LogP contribution in [0.3, 0.4) is 0 Å². The van der Waals surface area contributed by atoms with Crippen LogP contribution in [-0.2, 0) is 30.2 Å². The molecule has 0 atom stereocenters. The number of aromatic nitrogens is 4. The van der Waals surface area contributed by atoms with Crippen molar-refractivity contribution < 1.29 is 26.7 Å². The van der Waals surface area contributed by atoms with Gasteiger partial charge in [-0.3, -0.25) is 19.0 Å². The number of hydrogen-bond acceptors (Lipinski definition) is 17. The quantitative estimate of drug-likeness (QED) is 0.353. The zero-order valence-electron chi connectivity index (χ0n) is 30.2. The number of nitrogens with zero attached hydrogens (tertiary/aromatic N) is 9. The Morgan fingerprint density at radius 3 is 1.52 bits per heavy atom. The van der Waals surface area contributed by atoms with Gasteiger partial charge in [0.2, 0.25) is 5.89 Å². The molecule has 1 N–H and O–H groups in total. The average molecular weight is 861 g/mol. The Hall–Kier alpha value is -2.71. The number of carbonyl (C=O) groups excluding carboxylic acids is 1. The Balaban J connectivity index is -0.0000000985. The van der Waals surface area contributed by atoms with Crippen molar-refractivity contribution in [3.63, 3.8) is 0 Å². The van der Waals surface area contributed by atoms with Crippen molar-refractivity contribution in [2.75, 3.05) is 110 Å². The van der Waals surface area contributed by atoms with Crippen LogP contribution in [0.15, 0.2) is 27.2 Å². The SMILES string of the molecule is C.C.C.C.C.C.C.CC1=NCCN1.CC1=NCCO1.CN1CCC(=O)CC1.CN1CCS(=O)(=O)CC1.CN1CCS(=O)CC1.Cc1ncno1.Cc1ncns1. The van der Waals surface area contributed by atoms with Crippen LogP contribution in [0.5, 0.6) is 0 Å². The van der Waals surface area contributed by atoms with Crippen LogP contribution < -0.4 is 5.32 Å². The largest absolute Gasteiger partial charge is 0.479 e. The van der Waals surface area contributed by atoms with Crippen LogP contribution >= 0.6 is 11.5 Å². The molecule has 0 amide bonds. The van der Waals surface area contributed by atoms with Gasteiger partial charge in [-0.25, -0.2) is 13.4 Å². The van der Waals surface area contributed by atoms with E-state index >= 15 is 0 Å². The molecule has 0 radical (unpaired) electrons. The molecule has 5 aliphatic rings. The molecule has 3 fully saturated rings. The number of piperidine rings is 1. The van der Waals surface area contributed by atoms with Gasteiger partial charge in [-0.2, -0.15) is 9.36 Å². The van der Waals surface area contributed by atoms with Crippen LogP contribution in [0.25, 0.3) is 0 Å². The van der Waals surface area contributed by atoms with E-state index in [9.17, 15) is 17.4 Å². The number of sulfone groups is 1. The minimum atomic E-state index is -2.66. The third kappa shape index (κ3) is 39.5. The minimum absolute atomic E-state index is 0. The number of nitrogens with one attached hydrogen (secondary N) is 1. The van der Waals surface area contributed by atoms with E-state index in [1.54, 1.807) is 13.3 Å². The van der Waals surface area contributed by atoms with E-state index in [2.05, 4.69) is 56.2 Å². The highest BCUT2D eigenvalue weighted by Crippen LogP contribution is 2.01. The van der Waals surface area contributed by atoms with Gasteiger partial charge >= 0.3 is 0 Å². The molecule has 0 aliphatic carbocycles. The molecule has 0 saturated carbocycles. The fourth-order valence-electron chi connectivity index (χ4n) is 3.82. The van der Waals surface area contributed by atoms with Gasteiger partial charge in [0, 0.05) is 94.8 Å². The molecule has 7 rings (SSSR count). The number of hydrogen-bond donors (Lipinski definition) is 1. The Bertz CT molecular complexity index is 1230. The van der Waals surface area contributed by atoms with Gasteiger partial charge < -0.3 is 29.3 Å². The number of rotatable bonds is 0. The van der Waals surface area contributed by atoms with Crippen LogP contribution in [0.4, 0.5) is 0 Å². The van der Waals surface area contributed by atoms with Crippen LogP contribution in [0, 0.1) is 13.8 Å². The summed E-state index contributed by atoms with van der Waals surface area (Å²) in [6, 6.07) is 0. The fraction of sp³-hybridized carbons (Fsp3) is 0.811. The average Bonchev–Trinajstić information content (AvgIpc) is 3.92. The molecule has 336 valence electrons. The highest BCUT2D eigenvalue weighted by atomic mass is 32.2. The normalized spacial score (nSPS) is 17.8. The monoisotopic (exact) mass is 861 g/mol. The van der Waals surface area contributed by atoms with Gasteiger partial charge in [-0.15, -0.1) is 0 Å².